The van der Waals surface area contributed by atoms with Crippen LogP contribution in [-0.4, -0.2) is 29.4 Å². The molecule has 2 N–H and O–H groups in total. The summed E-state index contributed by atoms with van der Waals surface area (Å²) in [5, 5.41) is 8.66. The van der Waals surface area contributed by atoms with Gasteiger partial charge in [-0.15, -0.1) is 0 Å². The number of hydrogen-bond acceptors (Lipinski definition) is 5. The van der Waals surface area contributed by atoms with Crippen LogP contribution in [0.1, 0.15) is 22.5 Å². The van der Waals surface area contributed by atoms with Crippen molar-refractivity contribution in [3.63, 3.8) is 0 Å². The van der Waals surface area contributed by atoms with Crippen LogP contribution >= 0.6 is 0 Å². The highest BCUT2D eigenvalue weighted by Crippen LogP contribution is 2.32. The largest absolute Gasteiger partial charge is 0.454 e. The molecule has 2 aromatic rings. The zero-order valence-electron chi connectivity index (χ0n) is 11.8. The maximum atomic E-state index is 11.8. The van der Waals surface area contributed by atoms with Crippen molar-refractivity contribution < 1.29 is 14.3 Å². The van der Waals surface area contributed by atoms with E-state index >= 15 is 0 Å². The maximum absolute atomic E-state index is 11.8. The summed E-state index contributed by atoms with van der Waals surface area (Å²) in [5.41, 5.74) is 0.989. The number of nitrogens with one attached hydrogen (secondary N) is 2. The summed E-state index contributed by atoms with van der Waals surface area (Å²) in [6, 6.07) is 8.49. The van der Waals surface area contributed by atoms with Gasteiger partial charge < -0.3 is 14.8 Å². The molecule has 0 atom stereocenters. The Hall–Kier alpha value is -2.83. The van der Waals surface area contributed by atoms with E-state index in [2.05, 4.69) is 15.5 Å². The Kier molecular flexibility index (Phi) is 4.04. The zero-order valence-corrected chi connectivity index (χ0v) is 11.8. The van der Waals surface area contributed by atoms with Crippen molar-refractivity contribution >= 4 is 5.91 Å². The number of aromatic amines is 1. The summed E-state index contributed by atoms with van der Waals surface area (Å²) in [6.07, 6.45) is 1.60. The minimum Gasteiger partial charge on any atom is -0.454 e. The van der Waals surface area contributed by atoms with Gasteiger partial charge in [-0.3, -0.25) is 9.59 Å². The lowest BCUT2D eigenvalue weighted by molar-refractivity contribution is 0.0947. The van der Waals surface area contributed by atoms with Crippen molar-refractivity contribution in [2.75, 3.05) is 13.3 Å². The normalized spacial score (nSPS) is 12.2. The fourth-order valence-corrected chi connectivity index (χ4v) is 2.15. The summed E-state index contributed by atoms with van der Waals surface area (Å²) in [4.78, 5) is 22.7. The first kappa shape index (κ1) is 14.1. The lowest BCUT2D eigenvalue weighted by Crippen LogP contribution is -2.26. The van der Waals surface area contributed by atoms with Gasteiger partial charge in [-0.25, -0.2) is 5.10 Å². The maximum Gasteiger partial charge on any atom is 0.271 e. The Morgan fingerprint density at radius 3 is 2.91 bits per heavy atom. The number of benzene rings is 1. The number of carbonyl (C=O) groups is 1. The molecule has 0 fully saturated rings. The Labute approximate surface area is 126 Å². The predicted molar refractivity (Wildman–Crippen MR) is 78.1 cm³/mol. The van der Waals surface area contributed by atoms with Gasteiger partial charge in [0.15, 0.2) is 11.5 Å². The van der Waals surface area contributed by atoms with Gasteiger partial charge in [0, 0.05) is 12.6 Å². The first-order chi connectivity index (χ1) is 10.7. The average Bonchev–Trinajstić information content (AvgIpc) is 2.99. The summed E-state index contributed by atoms with van der Waals surface area (Å²) in [6.45, 7) is 0.787. The quantitative estimate of drug-likeness (QED) is 0.799. The molecule has 7 nitrogen and oxygen atoms in total. The number of aromatic nitrogens is 2. The van der Waals surface area contributed by atoms with Crippen LogP contribution < -0.4 is 20.3 Å². The summed E-state index contributed by atoms with van der Waals surface area (Å²) < 4.78 is 10.6. The number of aryl methyl sites for hydroxylation is 1. The van der Waals surface area contributed by atoms with Crippen molar-refractivity contribution in [1.29, 1.82) is 0 Å². The molecule has 0 saturated carbocycles. The van der Waals surface area contributed by atoms with Crippen molar-refractivity contribution in [2.45, 2.75) is 12.8 Å². The molecule has 1 aromatic carbocycles. The number of amides is 1. The third-order valence-corrected chi connectivity index (χ3v) is 3.28. The van der Waals surface area contributed by atoms with Crippen LogP contribution in [0.25, 0.3) is 0 Å². The second-order valence-electron chi connectivity index (χ2n) is 4.85. The number of hydrogen-bond donors (Lipinski definition) is 2. The first-order valence-electron chi connectivity index (χ1n) is 6.95. The van der Waals surface area contributed by atoms with E-state index in [9.17, 15) is 9.59 Å². The van der Waals surface area contributed by atoms with Gasteiger partial charge in [0.2, 0.25) is 6.79 Å². The van der Waals surface area contributed by atoms with Gasteiger partial charge in [0.05, 0.1) is 0 Å². The van der Waals surface area contributed by atoms with E-state index in [1.165, 1.54) is 12.1 Å². The molecule has 0 aliphatic carbocycles. The third kappa shape index (κ3) is 3.25. The highest BCUT2D eigenvalue weighted by molar-refractivity contribution is 5.91. The van der Waals surface area contributed by atoms with E-state index in [1.807, 2.05) is 18.2 Å². The van der Waals surface area contributed by atoms with Crippen molar-refractivity contribution in [2.24, 2.45) is 0 Å². The van der Waals surface area contributed by atoms with Gasteiger partial charge in [-0.1, -0.05) is 6.07 Å². The Morgan fingerprint density at radius 1 is 1.23 bits per heavy atom. The number of fused-ring (bicyclic) bond motifs is 1. The topological polar surface area (TPSA) is 93.3 Å². The van der Waals surface area contributed by atoms with Crippen LogP contribution in [0.3, 0.4) is 0 Å². The monoisotopic (exact) mass is 301 g/mol. The van der Waals surface area contributed by atoms with Gasteiger partial charge in [0.1, 0.15) is 5.69 Å². The second kappa shape index (κ2) is 6.30. The SMILES string of the molecule is O=C(NCCCc1ccc2c(c1)OCO2)c1ccc(=O)[nH]n1. The molecule has 7 heteroatoms. The lowest BCUT2D eigenvalue weighted by Gasteiger charge is -2.05. The van der Waals surface area contributed by atoms with Crippen molar-refractivity contribution in [3.8, 4) is 11.5 Å². The molecule has 0 spiro atoms. The summed E-state index contributed by atoms with van der Waals surface area (Å²) in [5.74, 6) is 1.22. The average molecular weight is 301 g/mol. The van der Waals surface area contributed by atoms with Crippen LogP contribution in [0, 0.1) is 0 Å². The third-order valence-electron chi connectivity index (χ3n) is 3.28. The fraction of sp³-hybridized carbons (Fsp3) is 0.267. The molecule has 0 saturated heterocycles. The van der Waals surface area contributed by atoms with Gasteiger partial charge in [-0.05, 0) is 36.6 Å². The molecule has 1 aromatic heterocycles. The number of nitrogens with zero attached hydrogens (tertiary/aromatic N) is 1. The van der Waals surface area contributed by atoms with Crippen LogP contribution in [0.5, 0.6) is 11.5 Å². The van der Waals surface area contributed by atoms with Crippen molar-refractivity contribution in [3.05, 3.63) is 51.9 Å². The number of H-pyrrole nitrogens is 1. The molecular weight excluding hydrogens is 286 g/mol. The Balaban J connectivity index is 1.46. The molecule has 1 amide bonds. The number of ether oxygens (including phenoxy) is 2. The summed E-state index contributed by atoms with van der Waals surface area (Å²) >= 11 is 0. The molecule has 114 valence electrons. The molecule has 2 heterocycles. The second-order valence-corrected chi connectivity index (χ2v) is 4.85. The van der Waals surface area contributed by atoms with Crippen LogP contribution in [0.15, 0.2) is 35.1 Å². The minimum absolute atomic E-state index is 0.197. The fourth-order valence-electron chi connectivity index (χ4n) is 2.15. The molecule has 1 aliphatic heterocycles. The van der Waals surface area contributed by atoms with E-state index in [-0.39, 0.29) is 24.0 Å². The van der Waals surface area contributed by atoms with E-state index in [0.717, 1.165) is 29.9 Å². The lowest BCUT2D eigenvalue weighted by atomic mass is 10.1. The first-order valence-corrected chi connectivity index (χ1v) is 6.95. The van der Waals surface area contributed by atoms with Crippen LogP contribution in [0.4, 0.5) is 0 Å². The molecule has 1 aliphatic rings. The van der Waals surface area contributed by atoms with Crippen LogP contribution in [0.2, 0.25) is 0 Å². The molecule has 22 heavy (non-hydrogen) atoms. The Bertz CT molecular complexity index is 721. The molecule has 0 bridgehead atoms. The highest BCUT2D eigenvalue weighted by Gasteiger charge is 2.13. The molecule has 3 rings (SSSR count). The molecular formula is C15H15N3O4. The Morgan fingerprint density at radius 2 is 2.09 bits per heavy atom. The number of rotatable bonds is 5. The van der Waals surface area contributed by atoms with Gasteiger partial charge in [-0.2, -0.15) is 5.10 Å². The highest BCUT2D eigenvalue weighted by atomic mass is 16.7. The molecule has 0 radical (unpaired) electrons. The standard InChI is InChI=1S/C15H15N3O4/c19-14-6-4-11(17-18-14)15(20)16-7-1-2-10-3-5-12-13(8-10)22-9-21-12/h3-6,8H,1-2,7,9H2,(H,16,20)(H,18,19). The zero-order chi connectivity index (χ0) is 15.4. The summed E-state index contributed by atoms with van der Waals surface area (Å²) in [7, 11) is 0. The van der Waals surface area contributed by atoms with E-state index in [1.54, 1.807) is 0 Å². The van der Waals surface area contributed by atoms with Gasteiger partial charge >= 0.3 is 0 Å². The van der Waals surface area contributed by atoms with Crippen LogP contribution in [-0.2, 0) is 6.42 Å². The minimum atomic E-state index is -0.334. The predicted octanol–water partition coefficient (Wildman–Crippen LogP) is 0.861. The molecule has 0 unspecified atom stereocenters. The van der Waals surface area contributed by atoms with E-state index in [4.69, 9.17) is 9.47 Å². The van der Waals surface area contributed by atoms with E-state index < -0.39 is 0 Å². The smallest absolute Gasteiger partial charge is 0.271 e. The van der Waals surface area contributed by atoms with E-state index in [0.29, 0.717) is 6.54 Å². The van der Waals surface area contributed by atoms with Gasteiger partial charge in [0.25, 0.3) is 11.5 Å². The number of carbonyl (C=O) groups excluding carboxylic acids is 1. The van der Waals surface area contributed by atoms with Crippen molar-refractivity contribution in [1.82, 2.24) is 15.5 Å².